The van der Waals surface area contributed by atoms with Gasteiger partial charge >= 0.3 is 0 Å². The second kappa shape index (κ2) is 9.07. The van der Waals surface area contributed by atoms with Crippen LogP contribution in [0.25, 0.3) is 0 Å². The van der Waals surface area contributed by atoms with E-state index in [4.69, 9.17) is 4.74 Å². The average Bonchev–Trinajstić information content (AvgIpc) is 2.99. The molecule has 1 aliphatic rings. The number of hydrogen-bond acceptors (Lipinski definition) is 3. The maximum Gasteiger partial charge on any atom is 0.253 e. The molecule has 5 heteroatoms. The van der Waals surface area contributed by atoms with Gasteiger partial charge in [0.25, 0.3) is 5.91 Å². The monoisotopic (exact) mass is 369 g/mol. The van der Waals surface area contributed by atoms with E-state index in [1.165, 1.54) is 5.69 Å². The Morgan fingerprint density at radius 1 is 1.19 bits per heavy atom. The summed E-state index contributed by atoms with van der Waals surface area (Å²) in [6.07, 6.45) is 4.23. The maximum absolute atomic E-state index is 12.8. The highest BCUT2D eigenvalue weighted by molar-refractivity contribution is 5.94. The number of carbonyl (C=O) groups excluding carboxylic acids is 1. The van der Waals surface area contributed by atoms with Crippen LogP contribution >= 0.6 is 0 Å². The fourth-order valence-corrected chi connectivity index (χ4v) is 3.63. The van der Waals surface area contributed by atoms with Crippen molar-refractivity contribution in [3.63, 3.8) is 0 Å². The van der Waals surface area contributed by atoms with E-state index in [0.29, 0.717) is 5.92 Å². The number of likely N-dealkylation sites (tertiary alicyclic amines) is 1. The van der Waals surface area contributed by atoms with Crippen molar-refractivity contribution in [3.05, 3.63) is 47.3 Å². The van der Waals surface area contributed by atoms with E-state index < -0.39 is 0 Å². The lowest BCUT2D eigenvalue weighted by Gasteiger charge is -2.32. The summed E-state index contributed by atoms with van der Waals surface area (Å²) < 4.78 is 7.78. The molecule has 0 aliphatic carbocycles. The third kappa shape index (κ3) is 5.12. The first-order valence-corrected chi connectivity index (χ1v) is 10.1. The molecule has 1 saturated heterocycles. The van der Waals surface area contributed by atoms with Crippen molar-refractivity contribution in [2.45, 2.75) is 53.0 Å². The van der Waals surface area contributed by atoms with Gasteiger partial charge in [0.15, 0.2) is 0 Å². The molecule has 1 amide bonds. The lowest BCUT2D eigenvalue weighted by atomic mass is 9.96. The van der Waals surface area contributed by atoms with Crippen LogP contribution in [0.1, 0.15) is 54.4 Å². The van der Waals surface area contributed by atoms with Crippen LogP contribution in [0.5, 0.6) is 5.75 Å². The highest BCUT2D eigenvalue weighted by atomic mass is 16.5. The maximum atomic E-state index is 12.8. The van der Waals surface area contributed by atoms with Crippen LogP contribution in [0, 0.1) is 19.8 Å². The smallest absolute Gasteiger partial charge is 0.253 e. The van der Waals surface area contributed by atoms with Gasteiger partial charge in [-0.2, -0.15) is 5.10 Å². The number of aryl methyl sites for hydroxylation is 2. The zero-order valence-corrected chi connectivity index (χ0v) is 16.8. The van der Waals surface area contributed by atoms with E-state index in [1.807, 2.05) is 36.1 Å². The number of rotatable bonds is 7. The van der Waals surface area contributed by atoms with E-state index in [-0.39, 0.29) is 5.91 Å². The average molecular weight is 370 g/mol. The predicted molar refractivity (Wildman–Crippen MR) is 107 cm³/mol. The second-order valence-electron chi connectivity index (χ2n) is 7.57. The molecule has 0 spiro atoms. The number of piperidine rings is 1. The molecule has 146 valence electrons. The fourth-order valence-electron chi connectivity index (χ4n) is 3.63. The Hall–Kier alpha value is -2.30. The van der Waals surface area contributed by atoms with Gasteiger partial charge in [-0.15, -0.1) is 0 Å². The van der Waals surface area contributed by atoms with Crippen molar-refractivity contribution in [3.8, 4) is 5.75 Å². The molecule has 0 bridgehead atoms. The third-order valence-electron chi connectivity index (χ3n) is 5.30. The standard InChI is InChI=1S/C22H31N3O2/c1-4-5-14-27-21-8-6-20(7-9-21)22(26)24-12-10-19(11-13-24)16-25-18(3)15-17(2)23-25/h6-9,15,19H,4-5,10-14,16H2,1-3H3. The van der Waals surface area contributed by atoms with Crippen molar-refractivity contribution in [1.82, 2.24) is 14.7 Å². The van der Waals surface area contributed by atoms with Crippen LogP contribution in [0.2, 0.25) is 0 Å². The van der Waals surface area contributed by atoms with Crippen LogP contribution in [-0.2, 0) is 6.54 Å². The summed E-state index contributed by atoms with van der Waals surface area (Å²) >= 11 is 0. The number of aromatic nitrogens is 2. The lowest BCUT2D eigenvalue weighted by Crippen LogP contribution is -2.39. The van der Waals surface area contributed by atoms with Gasteiger partial charge in [0, 0.05) is 30.9 Å². The molecule has 1 aromatic heterocycles. The molecule has 0 saturated carbocycles. The Morgan fingerprint density at radius 2 is 1.89 bits per heavy atom. The molecule has 5 nitrogen and oxygen atoms in total. The molecule has 0 atom stereocenters. The predicted octanol–water partition coefficient (Wildman–Crippen LogP) is 4.23. The van der Waals surface area contributed by atoms with E-state index in [9.17, 15) is 4.79 Å². The summed E-state index contributed by atoms with van der Waals surface area (Å²) in [7, 11) is 0. The summed E-state index contributed by atoms with van der Waals surface area (Å²) in [5.41, 5.74) is 3.03. The second-order valence-corrected chi connectivity index (χ2v) is 7.57. The first-order valence-electron chi connectivity index (χ1n) is 10.1. The van der Waals surface area contributed by atoms with Crippen molar-refractivity contribution >= 4 is 5.91 Å². The molecule has 1 aromatic carbocycles. The first kappa shape index (κ1) is 19.5. The van der Waals surface area contributed by atoms with Crippen LogP contribution in [0.4, 0.5) is 0 Å². The van der Waals surface area contributed by atoms with Crippen LogP contribution in [-0.4, -0.2) is 40.3 Å². The van der Waals surface area contributed by atoms with E-state index in [2.05, 4.69) is 29.7 Å². The summed E-state index contributed by atoms with van der Waals surface area (Å²) in [6.45, 7) is 9.60. The summed E-state index contributed by atoms with van der Waals surface area (Å²) in [6, 6.07) is 9.68. The largest absolute Gasteiger partial charge is 0.494 e. The fraction of sp³-hybridized carbons (Fsp3) is 0.545. The minimum absolute atomic E-state index is 0.125. The zero-order chi connectivity index (χ0) is 19.2. The van der Waals surface area contributed by atoms with Crippen molar-refractivity contribution in [2.24, 2.45) is 5.92 Å². The number of carbonyl (C=O) groups is 1. The molecule has 27 heavy (non-hydrogen) atoms. The number of benzene rings is 1. The zero-order valence-electron chi connectivity index (χ0n) is 16.8. The first-order chi connectivity index (χ1) is 13.1. The number of ether oxygens (including phenoxy) is 1. The molecule has 1 aliphatic heterocycles. The van der Waals surface area contributed by atoms with Crippen LogP contribution in [0.15, 0.2) is 30.3 Å². The number of amides is 1. The molecule has 0 unspecified atom stereocenters. The Labute approximate surface area is 162 Å². The molecule has 0 N–H and O–H groups in total. The van der Waals surface area contributed by atoms with Crippen LogP contribution in [0.3, 0.4) is 0 Å². The van der Waals surface area contributed by atoms with Gasteiger partial charge < -0.3 is 9.64 Å². The Balaban J connectivity index is 1.50. The van der Waals surface area contributed by atoms with E-state index in [1.54, 1.807) is 0 Å². The Morgan fingerprint density at radius 3 is 2.48 bits per heavy atom. The number of hydrogen-bond donors (Lipinski definition) is 0. The van der Waals surface area contributed by atoms with Gasteiger partial charge in [-0.05, 0) is 69.4 Å². The van der Waals surface area contributed by atoms with Gasteiger partial charge in [0.05, 0.1) is 12.3 Å². The summed E-state index contributed by atoms with van der Waals surface area (Å²) in [4.78, 5) is 14.7. The normalized spacial score (nSPS) is 15.1. The Kier molecular flexibility index (Phi) is 6.54. The summed E-state index contributed by atoms with van der Waals surface area (Å²) in [5.74, 6) is 1.55. The molecular formula is C22H31N3O2. The summed E-state index contributed by atoms with van der Waals surface area (Å²) in [5, 5.41) is 4.57. The van der Waals surface area contributed by atoms with Gasteiger partial charge in [-0.25, -0.2) is 0 Å². The topological polar surface area (TPSA) is 47.4 Å². The van der Waals surface area contributed by atoms with Gasteiger partial charge in [0.1, 0.15) is 5.75 Å². The SMILES string of the molecule is CCCCOc1ccc(C(=O)N2CCC(Cn3nc(C)cc3C)CC2)cc1. The minimum atomic E-state index is 0.125. The van der Waals surface area contributed by atoms with Crippen molar-refractivity contribution in [1.29, 1.82) is 0 Å². The van der Waals surface area contributed by atoms with Crippen molar-refractivity contribution < 1.29 is 9.53 Å². The van der Waals surface area contributed by atoms with Crippen molar-refractivity contribution in [2.75, 3.05) is 19.7 Å². The third-order valence-corrected chi connectivity index (χ3v) is 5.30. The molecule has 0 radical (unpaired) electrons. The van der Waals surface area contributed by atoms with Crippen LogP contribution < -0.4 is 4.74 Å². The molecule has 1 fully saturated rings. The lowest BCUT2D eigenvalue weighted by molar-refractivity contribution is 0.0681. The Bertz CT molecular complexity index is 743. The number of nitrogens with zero attached hydrogens (tertiary/aromatic N) is 3. The molecule has 2 aromatic rings. The minimum Gasteiger partial charge on any atom is -0.494 e. The molecule has 3 rings (SSSR count). The van der Waals surface area contributed by atoms with Gasteiger partial charge in [-0.3, -0.25) is 9.48 Å². The highest BCUT2D eigenvalue weighted by Gasteiger charge is 2.24. The van der Waals surface area contributed by atoms with Gasteiger partial charge in [-0.1, -0.05) is 13.3 Å². The van der Waals surface area contributed by atoms with E-state index >= 15 is 0 Å². The molecule has 2 heterocycles. The molecular weight excluding hydrogens is 338 g/mol. The van der Waals surface area contributed by atoms with E-state index in [0.717, 1.165) is 68.9 Å². The number of unbranched alkanes of at least 4 members (excludes halogenated alkanes) is 1. The van der Waals surface area contributed by atoms with Gasteiger partial charge in [0.2, 0.25) is 0 Å². The highest BCUT2D eigenvalue weighted by Crippen LogP contribution is 2.22. The quantitative estimate of drug-likeness (QED) is 0.686.